The number of thiophene rings is 1. The zero-order valence-corrected chi connectivity index (χ0v) is 19.3. The summed E-state index contributed by atoms with van der Waals surface area (Å²) in [5.74, 6) is 0.292. The van der Waals surface area contributed by atoms with E-state index in [1.165, 1.54) is 24.9 Å². The summed E-state index contributed by atoms with van der Waals surface area (Å²) in [4.78, 5) is 29.5. The van der Waals surface area contributed by atoms with Gasteiger partial charge in [-0.1, -0.05) is 0 Å². The van der Waals surface area contributed by atoms with Gasteiger partial charge in [-0.3, -0.25) is 10.6 Å². The molecule has 0 saturated carbocycles. The van der Waals surface area contributed by atoms with Crippen molar-refractivity contribution < 1.29 is 22.7 Å². The van der Waals surface area contributed by atoms with Gasteiger partial charge in [-0.05, 0) is 36.9 Å². The zero-order chi connectivity index (χ0) is 22.3. The first-order valence-corrected chi connectivity index (χ1v) is 12.2. The van der Waals surface area contributed by atoms with Gasteiger partial charge in [0.1, 0.15) is 15.8 Å². The lowest BCUT2D eigenvalue weighted by Gasteiger charge is -2.10. The van der Waals surface area contributed by atoms with E-state index in [2.05, 4.69) is 20.9 Å². The molecule has 2 heterocycles. The molecular weight excluding hydrogens is 450 g/mol. The number of hydrogen-bond acceptors (Lipinski definition) is 8. The Hall–Kier alpha value is -2.35. The number of aryl methyl sites for hydroxylation is 1. The van der Waals surface area contributed by atoms with E-state index in [4.69, 9.17) is 4.74 Å². The van der Waals surface area contributed by atoms with Crippen LogP contribution in [0.3, 0.4) is 0 Å². The van der Waals surface area contributed by atoms with Crippen LogP contribution in [0.5, 0.6) is 0 Å². The third-order valence-corrected chi connectivity index (χ3v) is 7.58. The molecule has 0 unspecified atom stereocenters. The van der Waals surface area contributed by atoms with Crippen molar-refractivity contribution >= 4 is 56.8 Å². The first kappa shape index (κ1) is 23.9. The standard InChI is InChI=1S/C17H23N5O5S3/c1-10-7-15(29-12(10)5-6-27-3)30(25,26)22-17(24)21-14-9-11(28-4)8-13(19-14)20-16(23)18-2/h7-9H,5-6H2,1-4H3,(H4,18,19,20,21,22,23,24). The molecule has 2 aromatic heterocycles. The van der Waals surface area contributed by atoms with Crippen molar-refractivity contribution in [3.63, 3.8) is 0 Å². The number of nitrogens with zero attached hydrogens (tertiary/aromatic N) is 1. The second-order valence-corrected chi connectivity index (χ2v) is 9.88. The predicted octanol–water partition coefficient (Wildman–Crippen LogP) is 2.62. The Kier molecular flexibility index (Phi) is 8.46. The molecule has 0 aromatic carbocycles. The van der Waals surface area contributed by atoms with E-state index in [0.29, 0.717) is 17.9 Å². The number of thioether (sulfide) groups is 1. The summed E-state index contributed by atoms with van der Waals surface area (Å²) in [5.41, 5.74) is 0.817. The van der Waals surface area contributed by atoms with E-state index >= 15 is 0 Å². The second-order valence-electron chi connectivity index (χ2n) is 5.96. The second kappa shape index (κ2) is 10.6. The van der Waals surface area contributed by atoms with E-state index < -0.39 is 22.1 Å². The van der Waals surface area contributed by atoms with Crippen LogP contribution in [0.2, 0.25) is 0 Å². The van der Waals surface area contributed by atoms with Gasteiger partial charge >= 0.3 is 12.1 Å². The topological polar surface area (TPSA) is 139 Å². The van der Waals surface area contributed by atoms with Crippen LogP contribution in [0.25, 0.3) is 0 Å². The average Bonchev–Trinajstić information content (AvgIpc) is 3.07. The molecule has 2 rings (SSSR count). The van der Waals surface area contributed by atoms with Crippen LogP contribution in [-0.2, 0) is 21.2 Å². The van der Waals surface area contributed by atoms with Crippen molar-refractivity contribution in [1.29, 1.82) is 0 Å². The molecule has 2 aromatic rings. The maximum Gasteiger partial charge on any atom is 0.334 e. The van der Waals surface area contributed by atoms with E-state index in [0.717, 1.165) is 21.8 Å². The highest BCUT2D eigenvalue weighted by molar-refractivity contribution is 7.98. The fourth-order valence-electron chi connectivity index (χ4n) is 2.31. The lowest BCUT2D eigenvalue weighted by atomic mass is 10.2. The van der Waals surface area contributed by atoms with Crippen LogP contribution in [-0.4, -0.2) is 52.5 Å². The Balaban J connectivity index is 2.14. The fraction of sp³-hybridized carbons (Fsp3) is 0.353. The fourth-order valence-corrected chi connectivity index (χ4v) is 5.24. The van der Waals surface area contributed by atoms with Crippen LogP contribution in [0.4, 0.5) is 21.2 Å². The number of nitrogens with one attached hydrogen (secondary N) is 4. The van der Waals surface area contributed by atoms with Gasteiger partial charge in [-0.25, -0.2) is 27.7 Å². The maximum absolute atomic E-state index is 12.6. The van der Waals surface area contributed by atoms with Gasteiger partial charge in [-0.2, -0.15) is 0 Å². The number of aromatic nitrogens is 1. The molecule has 0 aliphatic rings. The number of ether oxygens (including phenoxy) is 1. The van der Waals surface area contributed by atoms with Gasteiger partial charge < -0.3 is 10.1 Å². The number of hydrogen-bond donors (Lipinski definition) is 4. The molecule has 13 heteroatoms. The van der Waals surface area contributed by atoms with Gasteiger partial charge in [-0.15, -0.1) is 23.1 Å². The van der Waals surface area contributed by atoms with Crippen molar-refractivity contribution in [2.45, 2.75) is 22.4 Å². The minimum Gasteiger partial charge on any atom is -0.384 e. The summed E-state index contributed by atoms with van der Waals surface area (Å²) in [6, 6.07) is 3.26. The summed E-state index contributed by atoms with van der Waals surface area (Å²) in [7, 11) is -1.02. The Labute approximate surface area is 183 Å². The monoisotopic (exact) mass is 473 g/mol. The molecule has 0 radical (unpaired) electrons. The third kappa shape index (κ3) is 6.58. The zero-order valence-electron chi connectivity index (χ0n) is 16.9. The number of urea groups is 2. The molecular formula is C17H23N5O5S3. The van der Waals surface area contributed by atoms with Gasteiger partial charge in [0.2, 0.25) is 0 Å². The molecule has 4 amide bonds. The van der Waals surface area contributed by atoms with Crippen molar-refractivity contribution in [3.05, 3.63) is 28.6 Å². The first-order valence-electron chi connectivity index (χ1n) is 8.65. The van der Waals surface area contributed by atoms with Gasteiger partial charge in [0.15, 0.2) is 0 Å². The highest BCUT2D eigenvalue weighted by Gasteiger charge is 2.22. The molecule has 30 heavy (non-hydrogen) atoms. The average molecular weight is 474 g/mol. The highest BCUT2D eigenvalue weighted by Crippen LogP contribution is 2.27. The molecule has 0 aliphatic carbocycles. The van der Waals surface area contributed by atoms with Crippen LogP contribution < -0.4 is 20.7 Å². The number of anilines is 2. The molecule has 164 valence electrons. The van der Waals surface area contributed by atoms with E-state index in [9.17, 15) is 18.0 Å². The SMILES string of the molecule is CNC(=O)Nc1cc(SC)cc(NC(=O)NS(=O)(=O)c2cc(C)c(CCOC)s2)n1. The lowest BCUT2D eigenvalue weighted by Crippen LogP contribution is -2.34. The number of pyridine rings is 1. The quantitative estimate of drug-likeness (QED) is 0.432. The van der Waals surface area contributed by atoms with Crippen LogP contribution in [0, 0.1) is 6.92 Å². The van der Waals surface area contributed by atoms with E-state index in [-0.39, 0.29) is 15.8 Å². The summed E-state index contributed by atoms with van der Waals surface area (Å²) in [6.45, 7) is 2.28. The number of sulfonamides is 1. The Morgan fingerprint density at radius 2 is 1.80 bits per heavy atom. The number of amides is 4. The molecule has 0 aliphatic heterocycles. The van der Waals surface area contributed by atoms with Crippen LogP contribution >= 0.6 is 23.1 Å². The molecule has 10 nitrogen and oxygen atoms in total. The Morgan fingerprint density at radius 3 is 2.37 bits per heavy atom. The van der Waals surface area contributed by atoms with Crippen molar-refractivity contribution in [2.24, 2.45) is 0 Å². The smallest absolute Gasteiger partial charge is 0.334 e. The van der Waals surface area contributed by atoms with Crippen molar-refractivity contribution in [1.82, 2.24) is 15.0 Å². The minimum atomic E-state index is -4.05. The van der Waals surface area contributed by atoms with Gasteiger partial charge in [0.05, 0.1) is 6.61 Å². The predicted molar refractivity (Wildman–Crippen MR) is 118 cm³/mol. The number of methoxy groups -OCH3 is 1. The normalized spacial score (nSPS) is 11.1. The van der Waals surface area contributed by atoms with E-state index in [1.54, 1.807) is 26.2 Å². The summed E-state index contributed by atoms with van der Waals surface area (Å²) < 4.78 is 32.2. The molecule has 0 saturated heterocycles. The third-order valence-electron chi connectivity index (χ3n) is 3.77. The van der Waals surface area contributed by atoms with Gasteiger partial charge in [0, 0.05) is 30.4 Å². The van der Waals surface area contributed by atoms with Gasteiger partial charge in [0.25, 0.3) is 10.0 Å². The summed E-state index contributed by atoms with van der Waals surface area (Å²) in [6.07, 6.45) is 2.40. The maximum atomic E-state index is 12.6. The van der Waals surface area contributed by atoms with E-state index in [1.807, 2.05) is 11.0 Å². The molecule has 4 N–H and O–H groups in total. The molecule has 0 atom stereocenters. The number of carbonyl (C=O) groups excluding carboxylic acids is 2. The van der Waals surface area contributed by atoms with Crippen molar-refractivity contribution in [2.75, 3.05) is 37.7 Å². The first-order chi connectivity index (χ1) is 14.2. The minimum absolute atomic E-state index is 0.0362. The highest BCUT2D eigenvalue weighted by atomic mass is 32.2. The largest absolute Gasteiger partial charge is 0.384 e. The van der Waals surface area contributed by atoms with Crippen LogP contribution in [0.15, 0.2) is 27.3 Å². The Morgan fingerprint density at radius 1 is 1.17 bits per heavy atom. The summed E-state index contributed by atoms with van der Waals surface area (Å²) >= 11 is 2.46. The summed E-state index contributed by atoms with van der Waals surface area (Å²) in [5, 5.41) is 7.29. The van der Waals surface area contributed by atoms with Crippen LogP contribution in [0.1, 0.15) is 10.4 Å². The molecule has 0 spiro atoms. The Bertz CT molecular complexity index is 1020. The number of rotatable bonds is 8. The van der Waals surface area contributed by atoms with Crippen molar-refractivity contribution in [3.8, 4) is 0 Å². The number of carbonyl (C=O) groups is 2. The molecule has 0 fully saturated rings. The lowest BCUT2D eigenvalue weighted by molar-refractivity contribution is 0.203. The molecule has 0 bridgehead atoms.